The molecular formula is C20H21FN6O2S. The van der Waals surface area contributed by atoms with Crippen molar-refractivity contribution >= 4 is 27.4 Å². The van der Waals surface area contributed by atoms with Crippen molar-refractivity contribution in [1.29, 1.82) is 0 Å². The fourth-order valence-corrected chi connectivity index (χ4v) is 3.68. The number of halogens is 1. The maximum atomic E-state index is 14.5. The Balaban J connectivity index is 1.68. The lowest BCUT2D eigenvalue weighted by Crippen LogP contribution is -2.12. The maximum absolute atomic E-state index is 14.5. The summed E-state index contributed by atoms with van der Waals surface area (Å²) in [6.45, 7) is 3.35. The summed E-state index contributed by atoms with van der Waals surface area (Å²) < 4.78 is 21.4. The number of fused-ring (bicyclic) bond motifs is 1. The van der Waals surface area contributed by atoms with Gasteiger partial charge in [0, 0.05) is 29.9 Å². The fraction of sp³-hybridized carbons (Fsp3) is 0.250. The number of anilines is 1. The lowest BCUT2D eigenvalue weighted by molar-refractivity contribution is 0.0994. The first-order valence-electron chi connectivity index (χ1n) is 9.08. The molecule has 0 fully saturated rings. The van der Waals surface area contributed by atoms with Crippen molar-refractivity contribution < 1.29 is 13.6 Å². The van der Waals surface area contributed by atoms with Gasteiger partial charge in [-0.1, -0.05) is 0 Å². The number of hydrogen-bond acceptors (Lipinski definition) is 6. The highest BCUT2D eigenvalue weighted by Crippen LogP contribution is 2.44. The van der Waals surface area contributed by atoms with E-state index in [0.717, 1.165) is 4.90 Å². The zero-order valence-electron chi connectivity index (χ0n) is 17.2. The molecule has 8 nitrogen and oxygen atoms in total. The van der Waals surface area contributed by atoms with E-state index in [9.17, 15) is 9.18 Å². The first kappa shape index (κ1) is 20.0. The van der Waals surface area contributed by atoms with Crippen LogP contribution in [-0.4, -0.2) is 49.2 Å². The van der Waals surface area contributed by atoms with E-state index in [1.807, 2.05) is 6.20 Å². The van der Waals surface area contributed by atoms with Crippen molar-refractivity contribution in [2.24, 2.45) is 0 Å². The zero-order chi connectivity index (χ0) is 21.6. The quantitative estimate of drug-likeness (QED) is 0.530. The summed E-state index contributed by atoms with van der Waals surface area (Å²) in [5.74, 6) is 0.106. The van der Waals surface area contributed by atoms with E-state index in [-0.39, 0.29) is 17.1 Å². The van der Waals surface area contributed by atoms with Crippen LogP contribution in [0.15, 0.2) is 39.9 Å². The summed E-state index contributed by atoms with van der Waals surface area (Å²) in [4.78, 5) is 26.3. The third-order valence-electron chi connectivity index (χ3n) is 4.45. The molecule has 30 heavy (non-hydrogen) atoms. The molecule has 0 aliphatic carbocycles. The number of aryl methyl sites for hydroxylation is 2. The van der Waals surface area contributed by atoms with Crippen LogP contribution >= 0.6 is 10.0 Å². The molecule has 1 amide bonds. The molecule has 1 aromatic carbocycles. The van der Waals surface area contributed by atoms with Gasteiger partial charge < -0.3 is 9.73 Å². The standard InChI is InChI=1S/C20H21FN6O2S/c1-11-17(29-12(2)23-11)19(28)24-13-6-7-16(21)15(8-13)18-25-20-22-9-14(30(3,4)5)10-27(20)26-18/h6-10H,1-5H3,(H,24,28). The molecule has 156 valence electrons. The van der Waals surface area contributed by atoms with Crippen LogP contribution in [0.4, 0.5) is 10.1 Å². The molecule has 3 aromatic heterocycles. The highest BCUT2D eigenvalue weighted by atomic mass is 32.3. The van der Waals surface area contributed by atoms with Crippen molar-refractivity contribution in [3.05, 3.63) is 53.8 Å². The van der Waals surface area contributed by atoms with Gasteiger partial charge in [-0.15, -0.1) is 5.10 Å². The Labute approximate surface area is 173 Å². The molecule has 0 aliphatic rings. The molecule has 1 N–H and O–H groups in total. The number of nitrogens with one attached hydrogen (secondary N) is 1. The number of hydrogen-bond donors (Lipinski definition) is 1. The Morgan fingerprint density at radius 2 is 1.97 bits per heavy atom. The largest absolute Gasteiger partial charge is 0.436 e. The van der Waals surface area contributed by atoms with Crippen LogP contribution in [0.1, 0.15) is 22.1 Å². The molecule has 0 saturated carbocycles. The second kappa shape index (κ2) is 7.21. The number of aromatic nitrogens is 5. The molecule has 0 bridgehead atoms. The number of rotatable bonds is 4. The van der Waals surface area contributed by atoms with E-state index in [2.05, 4.69) is 44.1 Å². The van der Waals surface area contributed by atoms with E-state index in [1.54, 1.807) is 24.6 Å². The molecule has 4 aromatic rings. The van der Waals surface area contributed by atoms with Crippen molar-refractivity contribution in [3.63, 3.8) is 0 Å². The monoisotopic (exact) mass is 428 g/mol. The molecule has 0 radical (unpaired) electrons. The summed E-state index contributed by atoms with van der Waals surface area (Å²) in [6.07, 6.45) is 10.1. The highest BCUT2D eigenvalue weighted by Gasteiger charge is 2.19. The van der Waals surface area contributed by atoms with E-state index < -0.39 is 21.8 Å². The van der Waals surface area contributed by atoms with Crippen LogP contribution in [0.25, 0.3) is 17.2 Å². The average molecular weight is 428 g/mol. The number of carbonyl (C=O) groups excluding carboxylic acids is 1. The predicted molar refractivity (Wildman–Crippen MR) is 114 cm³/mol. The van der Waals surface area contributed by atoms with Crippen molar-refractivity contribution in [3.8, 4) is 11.4 Å². The molecule has 4 rings (SSSR count). The van der Waals surface area contributed by atoms with Crippen LogP contribution in [0.2, 0.25) is 0 Å². The van der Waals surface area contributed by atoms with Gasteiger partial charge in [0.1, 0.15) is 5.82 Å². The van der Waals surface area contributed by atoms with Crippen LogP contribution in [0.5, 0.6) is 0 Å². The van der Waals surface area contributed by atoms with Gasteiger partial charge in [-0.05, 0) is 43.9 Å². The van der Waals surface area contributed by atoms with Gasteiger partial charge in [-0.25, -0.2) is 28.9 Å². The van der Waals surface area contributed by atoms with E-state index in [0.29, 0.717) is 23.0 Å². The SMILES string of the molecule is Cc1nc(C)c(C(=O)Nc2ccc(F)c(-c3nc4ncc(S(C)(C)C)cn4n3)c2)o1. The fourth-order valence-electron chi connectivity index (χ4n) is 2.90. The summed E-state index contributed by atoms with van der Waals surface area (Å²) in [5, 5.41) is 7.09. The molecule has 0 atom stereocenters. The first-order chi connectivity index (χ1) is 14.1. The molecule has 0 aliphatic heterocycles. The second-order valence-electron chi connectivity index (χ2n) is 7.60. The number of amides is 1. The van der Waals surface area contributed by atoms with Crippen LogP contribution < -0.4 is 5.32 Å². The molecular weight excluding hydrogens is 407 g/mol. The smallest absolute Gasteiger partial charge is 0.293 e. The lowest BCUT2D eigenvalue weighted by Gasteiger charge is -2.24. The number of carbonyl (C=O) groups is 1. The number of oxazole rings is 1. The zero-order valence-corrected chi connectivity index (χ0v) is 18.0. The normalized spacial score (nSPS) is 12.3. The van der Waals surface area contributed by atoms with Gasteiger partial charge in [0.2, 0.25) is 5.76 Å². The molecule has 0 spiro atoms. The Hall–Kier alpha value is -3.27. The number of benzene rings is 1. The molecule has 10 heteroatoms. The minimum Gasteiger partial charge on any atom is -0.436 e. The Morgan fingerprint density at radius 3 is 2.63 bits per heavy atom. The first-order valence-corrected chi connectivity index (χ1v) is 11.9. The van der Waals surface area contributed by atoms with Gasteiger partial charge >= 0.3 is 0 Å². The van der Waals surface area contributed by atoms with Gasteiger partial charge in [0.25, 0.3) is 11.7 Å². The van der Waals surface area contributed by atoms with Crippen LogP contribution in [0.3, 0.4) is 0 Å². The third-order valence-corrected chi connectivity index (χ3v) is 6.08. The van der Waals surface area contributed by atoms with Gasteiger partial charge in [0.05, 0.1) is 11.3 Å². The van der Waals surface area contributed by atoms with Crippen molar-refractivity contribution in [2.45, 2.75) is 18.7 Å². The van der Waals surface area contributed by atoms with Crippen LogP contribution in [-0.2, 0) is 0 Å². The lowest BCUT2D eigenvalue weighted by atomic mass is 10.1. The predicted octanol–water partition coefficient (Wildman–Crippen LogP) is 3.84. The maximum Gasteiger partial charge on any atom is 0.293 e. The van der Waals surface area contributed by atoms with Gasteiger partial charge in [-0.3, -0.25) is 4.79 Å². The Kier molecular flexibility index (Phi) is 4.81. The summed E-state index contributed by atoms with van der Waals surface area (Å²) >= 11 is 0. The summed E-state index contributed by atoms with van der Waals surface area (Å²) in [6, 6.07) is 4.20. The Bertz CT molecular complexity index is 1270. The Morgan fingerprint density at radius 1 is 1.20 bits per heavy atom. The minimum atomic E-state index is -0.993. The topological polar surface area (TPSA) is 98.2 Å². The highest BCUT2D eigenvalue weighted by molar-refractivity contribution is 8.32. The van der Waals surface area contributed by atoms with Gasteiger partial charge in [0.15, 0.2) is 11.7 Å². The minimum absolute atomic E-state index is 0.116. The number of nitrogens with zero attached hydrogens (tertiary/aromatic N) is 5. The average Bonchev–Trinajstić information content (AvgIpc) is 3.24. The van der Waals surface area contributed by atoms with Crippen LogP contribution in [0, 0.1) is 19.7 Å². The second-order valence-corrected chi connectivity index (χ2v) is 11.7. The molecule has 3 heterocycles. The van der Waals surface area contributed by atoms with E-state index >= 15 is 0 Å². The molecule has 0 unspecified atom stereocenters. The van der Waals surface area contributed by atoms with Crippen molar-refractivity contribution in [1.82, 2.24) is 24.6 Å². The summed E-state index contributed by atoms with van der Waals surface area (Å²) in [7, 11) is -0.993. The van der Waals surface area contributed by atoms with Gasteiger partial charge in [-0.2, -0.15) is 4.98 Å². The van der Waals surface area contributed by atoms with E-state index in [1.165, 1.54) is 18.2 Å². The van der Waals surface area contributed by atoms with E-state index in [4.69, 9.17) is 4.42 Å². The summed E-state index contributed by atoms with van der Waals surface area (Å²) in [5.41, 5.74) is 1.03. The van der Waals surface area contributed by atoms with Crippen molar-refractivity contribution in [2.75, 3.05) is 24.1 Å². The third kappa shape index (κ3) is 3.78. The molecule has 0 saturated heterocycles.